The van der Waals surface area contributed by atoms with E-state index in [0.29, 0.717) is 19.8 Å². The molecule has 3 heteroatoms. The van der Waals surface area contributed by atoms with Gasteiger partial charge in [-0.15, -0.1) is 0 Å². The molecule has 0 amide bonds. The zero-order chi connectivity index (χ0) is 9.52. The van der Waals surface area contributed by atoms with E-state index in [0.717, 1.165) is 11.3 Å². The summed E-state index contributed by atoms with van der Waals surface area (Å²) in [6.45, 7) is 3.56. The lowest BCUT2D eigenvalue weighted by atomic mass is 10.2. The van der Waals surface area contributed by atoms with Crippen molar-refractivity contribution in [2.24, 2.45) is 5.73 Å². The van der Waals surface area contributed by atoms with Crippen LogP contribution >= 0.6 is 0 Å². The summed E-state index contributed by atoms with van der Waals surface area (Å²) in [5.74, 6) is 0.826. The quantitative estimate of drug-likeness (QED) is 0.557. The van der Waals surface area contributed by atoms with Crippen molar-refractivity contribution < 1.29 is 9.15 Å². The highest BCUT2D eigenvalue weighted by atomic mass is 16.5. The summed E-state index contributed by atoms with van der Waals surface area (Å²) in [6.07, 6.45) is 5.54. The Bertz CT molecular complexity index is 266. The fraction of sp³-hybridized carbons (Fsp3) is 0.400. The van der Waals surface area contributed by atoms with Gasteiger partial charge in [0.15, 0.2) is 0 Å². The number of furan rings is 1. The van der Waals surface area contributed by atoms with Gasteiger partial charge >= 0.3 is 0 Å². The van der Waals surface area contributed by atoms with Gasteiger partial charge in [-0.05, 0) is 13.0 Å². The number of allylic oxidation sites excluding steroid dienone is 1. The van der Waals surface area contributed by atoms with Crippen LogP contribution in [0.25, 0.3) is 0 Å². The molecule has 0 spiro atoms. The fourth-order valence-corrected chi connectivity index (χ4v) is 0.991. The Balaban J connectivity index is 2.35. The smallest absolute Gasteiger partial charge is 0.133 e. The molecule has 0 atom stereocenters. The van der Waals surface area contributed by atoms with Gasteiger partial charge in [-0.3, -0.25) is 0 Å². The first-order chi connectivity index (χ1) is 6.38. The maximum atomic E-state index is 5.50. The van der Waals surface area contributed by atoms with Crippen LogP contribution in [0.3, 0.4) is 0 Å². The van der Waals surface area contributed by atoms with Crippen LogP contribution in [-0.4, -0.2) is 6.61 Å². The first-order valence-electron chi connectivity index (χ1n) is 4.32. The molecule has 0 radical (unpaired) electrons. The second kappa shape index (κ2) is 5.56. The first kappa shape index (κ1) is 10.0. The molecule has 0 aliphatic carbocycles. The van der Waals surface area contributed by atoms with Gasteiger partial charge in [0, 0.05) is 12.1 Å². The Labute approximate surface area is 78.2 Å². The van der Waals surface area contributed by atoms with Crippen molar-refractivity contribution in [1.82, 2.24) is 0 Å². The van der Waals surface area contributed by atoms with E-state index < -0.39 is 0 Å². The van der Waals surface area contributed by atoms with E-state index in [-0.39, 0.29) is 0 Å². The molecule has 1 heterocycles. The molecule has 0 aliphatic heterocycles. The van der Waals surface area contributed by atoms with Gasteiger partial charge in [-0.2, -0.15) is 0 Å². The minimum Gasteiger partial charge on any atom is -0.467 e. The summed E-state index contributed by atoms with van der Waals surface area (Å²) in [4.78, 5) is 0. The standard InChI is InChI=1S/C10H15NO2/c1-2-3-5-12-8-10-9(7-11)4-6-13-10/h2-4,6H,5,7-8,11H2,1H3. The third-order valence-electron chi connectivity index (χ3n) is 1.74. The second-order valence-corrected chi connectivity index (χ2v) is 2.66. The summed E-state index contributed by atoms with van der Waals surface area (Å²) in [7, 11) is 0. The van der Waals surface area contributed by atoms with E-state index >= 15 is 0 Å². The molecule has 0 unspecified atom stereocenters. The zero-order valence-electron chi connectivity index (χ0n) is 7.82. The minimum absolute atomic E-state index is 0.490. The van der Waals surface area contributed by atoms with Gasteiger partial charge < -0.3 is 14.9 Å². The molecular weight excluding hydrogens is 166 g/mol. The van der Waals surface area contributed by atoms with Gasteiger partial charge in [0.2, 0.25) is 0 Å². The van der Waals surface area contributed by atoms with Crippen LogP contribution < -0.4 is 5.73 Å². The molecule has 0 saturated carbocycles. The van der Waals surface area contributed by atoms with E-state index in [1.54, 1.807) is 6.26 Å². The van der Waals surface area contributed by atoms with Crippen molar-refractivity contribution in [2.75, 3.05) is 6.61 Å². The van der Waals surface area contributed by atoms with Gasteiger partial charge in [-0.25, -0.2) is 0 Å². The van der Waals surface area contributed by atoms with Gasteiger partial charge in [-0.1, -0.05) is 12.2 Å². The van der Waals surface area contributed by atoms with Crippen molar-refractivity contribution in [2.45, 2.75) is 20.1 Å². The largest absolute Gasteiger partial charge is 0.467 e. The topological polar surface area (TPSA) is 48.4 Å². The predicted octanol–water partition coefficient (Wildman–Crippen LogP) is 1.83. The molecule has 1 aromatic heterocycles. The number of hydrogen-bond donors (Lipinski definition) is 1. The van der Waals surface area contributed by atoms with E-state index in [9.17, 15) is 0 Å². The minimum atomic E-state index is 0.490. The van der Waals surface area contributed by atoms with Crippen LogP contribution in [-0.2, 0) is 17.9 Å². The summed E-state index contributed by atoms with van der Waals surface area (Å²) in [6, 6.07) is 1.87. The maximum absolute atomic E-state index is 5.50. The van der Waals surface area contributed by atoms with E-state index in [1.807, 2.05) is 25.1 Å². The average Bonchev–Trinajstić information content (AvgIpc) is 2.60. The molecule has 13 heavy (non-hydrogen) atoms. The SMILES string of the molecule is CC=CCOCc1occc1CN. The van der Waals surface area contributed by atoms with Crippen LogP contribution in [0.15, 0.2) is 28.9 Å². The molecule has 0 aliphatic rings. The number of nitrogens with two attached hydrogens (primary N) is 1. The summed E-state index contributed by atoms with van der Waals surface area (Å²) >= 11 is 0. The van der Waals surface area contributed by atoms with Crippen molar-refractivity contribution in [3.63, 3.8) is 0 Å². The molecule has 1 rings (SSSR count). The molecule has 72 valence electrons. The molecule has 0 saturated heterocycles. The summed E-state index contributed by atoms with van der Waals surface area (Å²) in [5, 5.41) is 0. The number of ether oxygens (including phenoxy) is 1. The third-order valence-corrected chi connectivity index (χ3v) is 1.74. The number of rotatable bonds is 5. The van der Waals surface area contributed by atoms with E-state index in [1.165, 1.54) is 0 Å². The van der Waals surface area contributed by atoms with E-state index in [4.69, 9.17) is 14.9 Å². The summed E-state index contributed by atoms with van der Waals surface area (Å²) in [5.41, 5.74) is 6.51. The zero-order valence-corrected chi connectivity index (χ0v) is 7.82. The van der Waals surface area contributed by atoms with Crippen molar-refractivity contribution in [3.8, 4) is 0 Å². The van der Waals surface area contributed by atoms with Gasteiger partial charge in [0.05, 0.1) is 12.9 Å². The molecule has 3 nitrogen and oxygen atoms in total. The predicted molar refractivity (Wildman–Crippen MR) is 51.1 cm³/mol. The van der Waals surface area contributed by atoms with Crippen molar-refractivity contribution in [1.29, 1.82) is 0 Å². The molecular formula is C10H15NO2. The Morgan fingerprint density at radius 2 is 2.46 bits per heavy atom. The highest BCUT2D eigenvalue weighted by Gasteiger charge is 2.03. The number of hydrogen-bond acceptors (Lipinski definition) is 3. The lowest BCUT2D eigenvalue weighted by Gasteiger charge is -1.99. The molecule has 1 aromatic rings. The lowest BCUT2D eigenvalue weighted by Crippen LogP contribution is -2.00. The Hall–Kier alpha value is -1.06. The highest BCUT2D eigenvalue weighted by Crippen LogP contribution is 2.10. The fourth-order valence-electron chi connectivity index (χ4n) is 0.991. The van der Waals surface area contributed by atoms with Crippen molar-refractivity contribution in [3.05, 3.63) is 35.8 Å². The normalized spacial score (nSPS) is 11.2. The van der Waals surface area contributed by atoms with Crippen LogP contribution in [0.2, 0.25) is 0 Å². The third kappa shape index (κ3) is 3.05. The van der Waals surface area contributed by atoms with Crippen molar-refractivity contribution >= 4 is 0 Å². The molecule has 2 N–H and O–H groups in total. The van der Waals surface area contributed by atoms with Crippen LogP contribution in [0.4, 0.5) is 0 Å². The lowest BCUT2D eigenvalue weighted by molar-refractivity contribution is 0.130. The second-order valence-electron chi connectivity index (χ2n) is 2.66. The monoisotopic (exact) mass is 181 g/mol. The van der Waals surface area contributed by atoms with Gasteiger partial charge in [0.1, 0.15) is 12.4 Å². The average molecular weight is 181 g/mol. The molecule has 0 aromatic carbocycles. The highest BCUT2D eigenvalue weighted by molar-refractivity contribution is 5.15. The van der Waals surface area contributed by atoms with E-state index in [2.05, 4.69) is 0 Å². The first-order valence-corrected chi connectivity index (χ1v) is 4.32. The molecule has 0 bridgehead atoms. The Morgan fingerprint density at radius 1 is 1.62 bits per heavy atom. The molecule has 0 fully saturated rings. The maximum Gasteiger partial charge on any atom is 0.133 e. The Morgan fingerprint density at radius 3 is 3.15 bits per heavy atom. The summed E-state index contributed by atoms with van der Waals surface area (Å²) < 4.78 is 10.5. The van der Waals surface area contributed by atoms with Gasteiger partial charge in [0.25, 0.3) is 0 Å². The Kier molecular flexibility index (Phi) is 4.29. The van der Waals surface area contributed by atoms with Crippen LogP contribution in [0.5, 0.6) is 0 Å². The van der Waals surface area contributed by atoms with Crippen LogP contribution in [0, 0.1) is 0 Å². The van der Waals surface area contributed by atoms with Crippen LogP contribution in [0.1, 0.15) is 18.2 Å².